The number of ketones is 1. The quantitative estimate of drug-likeness (QED) is 0.217. The number of rotatable bonds is 10. The molecule has 1 fully saturated rings. The summed E-state index contributed by atoms with van der Waals surface area (Å²) in [6, 6.07) is 16.9. The Balaban J connectivity index is 1.16. The highest BCUT2D eigenvalue weighted by molar-refractivity contribution is 6.02. The fourth-order valence-electron chi connectivity index (χ4n) is 6.18. The number of hydroxylamine groups is 2. The van der Waals surface area contributed by atoms with E-state index in [1.165, 1.54) is 18.5 Å². The van der Waals surface area contributed by atoms with Gasteiger partial charge in [-0.15, -0.1) is 5.06 Å². The second-order valence-corrected chi connectivity index (χ2v) is 11.8. The molecule has 0 bridgehead atoms. The van der Waals surface area contributed by atoms with Gasteiger partial charge in [-0.1, -0.05) is 18.2 Å². The zero-order valence-electron chi connectivity index (χ0n) is 27.1. The van der Waals surface area contributed by atoms with Crippen LogP contribution in [0.1, 0.15) is 74.5 Å². The van der Waals surface area contributed by atoms with Crippen molar-refractivity contribution in [1.29, 1.82) is 0 Å². The highest BCUT2D eigenvalue weighted by atomic mass is 16.7. The molecule has 2 aliphatic rings. The Morgan fingerprint density at radius 1 is 0.878 bits per heavy atom. The molecule has 0 aliphatic carbocycles. The summed E-state index contributed by atoms with van der Waals surface area (Å²) in [5.41, 5.74) is 8.23. The molecule has 0 saturated carbocycles. The fourth-order valence-corrected chi connectivity index (χ4v) is 6.18. The van der Waals surface area contributed by atoms with Gasteiger partial charge >= 0.3 is 11.9 Å². The van der Waals surface area contributed by atoms with Gasteiger partial charge in [0.2, 0.25) is 5.91 Å². The summed E-state index contributed by atoms with van der Waals surface area (Å²) in [7, 11) is 0. The van der Waals surface area contributed by atoms with E-state index in [2.05, 4.69) is 4.98 Å². The van der Waals surface area contributed by atoms with Crippen LogP contribution in [0.2, 0.25) is 0 Å². The number of primary amides is 1. The molecule has 6 rings (SSSR count). The summed E-state index contributed by atoms with van der Waals surface area (Å²) in [6.07, 6.45) is 3.84. The van der Waals surface area contributed by atoms with Gasteiger partial charge in [0, 0.05) is 49.5 Å². The summed E-state index contributed by atoms with van der Waals surface area (Å²) in [5.74, 6) is -1.19. The number of fused-ring (bicyclic) bond motifs is 1. The lowest BCUT2D eigenvalue weighted by Crippen LogP contribution is -2.51. The van der Waals surface area contributed by atoms with Gasteiger partial charge < -0.3 is 29.9 Å². The predicted molar refractivity (Wildman–Crippen MR) is 178 cm³/mol. The van der Waals surface area contributed by atoms with Crippen LogP contribution < -0.4 is 19.9 Å². The molecule has 0 atom stereocenters. The summed E-state index contributed by atoms with van der Waals surface area (Å²) in [6.45, 7) is 4.84. The highest BCUT2D eigenvalue weighted by Gasteiger charge is 2.44. The van der Waals surface area contributed by atoms with E-state index in [1.807, 2.05) is 12.1 Å². The van der Waals surface area contributed by atoms with Gasteiger partial charge in [0.15, 0.2) is 5.78 Å². The van der Waals surface area contributed by atoms with Crippen LogP contribution >= 0.6 is 0 Å². The molecule has 1 saturated heterocycles. The van der Waals surface area contributed by atoms with Crippen LogP contribution in [-0.4, -0.2) is 70.7 Å². The number of Topliss-reactive ketones (excluding diaryl/α,β-unsaturated/α-hetero) is 1. The number of piperidine rings is 1. The highest BCUT2D eigenvalue weighted by Crippen LogP contribution is 2.42. The van der Waals surface area contributed by atoms with Crippen molar-refractivity contribution < 1.29 is 43.3 Å². The monoisotopic (exact) mass is 665 g/mol. The molecule has 3 aromatic carbocycles. The minimum Gasteiger partial charge on any atom is -0.493 e. The fraction of sp³-hybridized carbons (Fsp3) is 0.270. The molecule has 49 heavy (non-hydrogen) atoms. The maximum Gasteiger partial charge on any atom is 0.357 e. The lowest BCUT2D eigenvalue weighted by Gasteiger charge is -2.43. The molecular formula is C37H35N3O9. The molecule has 0 unspecified atom stereocenters. The van der Waals surface area contributed by atoms with Gasteiger partial charge in [-0.05, 0) is 67.4 Å². The zero-order chi connectivity index (χ0) is 34.7. The van der Waals surface area contributed by atoms with E-state index in [4.69, 9.17) is 24.8 Å². The standard InChI is InChI=1S/C37H35N3O9/c1-3-46-31-17-25(18-32(47-4-2)33(31)26-15-27(35(43)44)21-39-20-26)36(45)49-40-12-10-37(11-13-40)19-29(41)28-16-23(8-9-30(28)48-37)22-6-5-7-24(14-22)34(38)42/h5-9,14-18,20-21H,3-4,10-13,19H2,1-2H3,(H2,38,42)(H,43,44). The number of carbonyl (C=O) groups excluding carboxylic acids is 3. The first-order valence-electron chi connectivity index (χ1n) is 16.0. The number of ether oxygens (including phenoxy) is 3. The minimum atomic E-state index is -1.13. The molecule has 1 spiro atoms. The summed E-state index contributed by atoms with van der Waals surface area (Å²) in [5, 5.41) is 11.0. The minimum absolute atomic E-state index is 0.00187. The van der Waals surface area contributed by atoms with Gasteiger partial charge in [-0.2, -0.15) is 0 Å². The van der Waals surface area contributed by atoms with Crippen LogP contribution in [0, 0.1) is 0 Å². The molecule has 1 amide bonds. The van der Waals surface area contributed by atoms with Crippen molar-refractivity contribution in [2.45, 2.75) is 38.7 Å². The Kier molecular flexibility index (Phi) is 9.32. The number of amides is 1. The SMILES string of the molecule is CCOc1cc(C(=O)ON2CCC3(CC2)CC(=O)c2cc(-c4cccc(C(N)=O)c4)ccc2O3)cc(OCC)c1-c1cncc(C(=O)O)c1. The van der Waals surface area contributed by atoms with Gasteiger partial charge in [-0.25, -0.2) is 9.59 Å². The Morgan fingerprint density at radius 2 is 1.55 bits per heavy atom. The largest absolute Gasteiger partial charge is 0.493 e. The van der Waals surface area contributed by atoms with Crippen molar-refractivity contribution in [1.82, 2.24) is 10.0 Å². The van der Waals surface area contributed by atoms with Crippen molar-refractivity contribution in [3.8, 4) is 39.5 Å². The number of hydrogen-bond acceptors (Lipinski definition) is 10. The van der Waals surface area contributed by atoms with Crippen LogP contribution in [0.5, 0.6) is 17.2 Å². The van der Waals surface area contributed by atoms with Crippen LogP contribution in [0.25, 0.3) is 22.3 Å². The van der Waals surface area contributed by atoms with Crippen molar-refractivity contribution in [3.05, 3.63) is 95.3 Å². The summed E-state index contributed by atoms with van der Waals surface area (Å²) in [4.78, 5) is 59.9. The third-order valence-corrected chi connectivity index (χ3v) is 8.59. The second-order valence-electron chi connectivity index (χ2n) is 11.8. The van der Waals surface area contributed by atoms with Gasteiger partial charge in [0.25, 0.3) is 0 Å². The van der Waals surface area contributed by atoms with E-state index >= 15 is 0 Å². The van der Waals surface area contributed by atoms with Gasteiger partial charge in [-0.3, -0.25) is 14.6 Å². The average Bonchev–Trinajstić information content (AvgIpc) is 3.09. The van der Waals surface area contributed by atoms with Crippen molar-refractivity contribution >= 4 is 23.6 Å². The maximum absolute atomic E-state index is 13.4. The molecule has 3 N–H and O–H groups in total. The third-order valence-electron chi connectivity index (χ3n) is 8.59. The molecule has 4 aromatic rings. The van der Waals surface area contributed by atoms with Crippen molar-refractivity contribution in [3.63, 3.8) is 0 Å². The number of aromatic carboxylic acids is 1. The first kappa shape index (κ1) is 33.2. The van der Waals surface area contributed by atoms with Crippen LogP contribution in [0.4, 0.5) is 0 Å². The number of carboxylic acids is 1. The molecule has 12 heteroatoms. The number of carbonyl (C=O) groups is 4. The van der Waals surface area contributed by atoms with Crippen molar-refractivity contribution in [2.75, 3.05) is 26.3 Å². The van der Waals surface area contributed by atoms with Crippen LogP contribution in [0.15, 0.2) is 73.1 Å². The maximum atomic E-state index is 13.4. The predicted octanol–water partition coefficient (Wildman–Crippen LogP) is 5.58. The molecule has 3 heterocycles. The smallest absolute Gasteiger partial charge is 0.357 e. The number of nitrogens with two attached hydrogens (primary N) is 1. The van der Waals surface area contributed by atoms with E-state index in [-0.39, 0.29) is 36.5 Å². The number of nitrogens with zero attached hydrogens (tertiary/aromatic N) is 2. The second kappa shape index (κ2) is 13.8. The van der Waals surface area contributed by atoms with Crippen molar-refractivity contribution in [2.24, 2.45) is 5.73 Å². The normalized spacial score (nSPS) is 15.2. The molecule has 2 aliphatic heterocycles. The van der Waals surface area contributed by atoms with E-state index in [9.17, 15) is 24.3 Å². The number of hydrogen-bond donors (Lipinski definition) is 2. The topological polar surface area (TPSA) is 168 Å². The molecule has 1 aromatic heterocycles. The number of benzene rings is 3. The molecular weight excluding hydrogens is 630 g/mol. The number of carboxylic acid groups (broad SMARTS) is 1. The first-order valence-corrected chi connectivity index (χ1v) is 16.0. The Labute approximate surface area is 282 Å². The van der Waals surface area contributed by atoms with E-state index in [1.54, 1.807) is 61.4 Å². The Hall–Kier alpha value is -5.75. The van der Waals surface area contributed by atoms with Gasteiger partial charge in [0.1, 0.15) is 22.8 Å². The summed E-state index contributed by atoms with van der Waals surface area (Å²) < 4.78 is 18.2. The Bertz CT molecular complexity index is 1920. The van der Waals surface area contributed by atoms with E-state index in [0.29, 0.717) is 65.4 Å². The zero-order valence-corrected chi connectivity index (χ0v) is 27.1. The average molecular weight is 666 g/mol. The van der Waals surface area contributed by atoms with Crippen LogP contribution in [-0.2, 0) is 4.84 Å². The molecule has 252 valence electrons. The van der Waals surface area contributed by atoms with E-state index in [0.717, 1.165) is 11.1 Å². The van der Waals surface area contributed by atoms with E-state index < -0.39 is 23.4 Å². The number of aromatic nitrogens is 1. The lowest BCUT2D eigenvalue weighted by atomic mass is 9.82. The first-order chi connectivity index (χ1) is 23.6. The number of pyridine rings is 1. The summed E-state index contributed by atoms with van der Waals surface area (Å²) >= 11 is 0. The molecule has 12 nitrogen and oxygen atoms in total. The van der Waals surface area contributed by atoms with Crippen LogP contribution in [0.3, 0.4) is 0 Å². The lowest BCUT2D eigenvalue weighted by molar-refractivity contribution is -0.148. The van der Waals surface area contributed by atoms with Gasteiger partial charge in [0.05, 0.1) is 41.9 Å². The molecule has 0 radical (unpaired) electrons. The Morgan fingerprint density at radius 3 is 2.20 bits per heavy atom. The third kappa shape index (κ3) is 6.95.